The Morgan fingerprint density at radius 2 is 1.83 bits per heavy atom. The molecule has 1 atom stereocenters. The van der Waals surface area contributed by atoms with Crippen molar-refractivity contribution in [3.63, 3.8) is 0 Å². The van der Waals surface area contributed by atoms with Crippen molar-refractivity contribution < 1.29 is 22.0 Å². The molecule has 1 fully saturated rings. The Morgan fingerprint density at radius 1 is 1.14 bits per heavy atom. The van der Waals surface area contributed by atoms with E-state index in [9.17, 15) is 22.0 Å². The van der Waals surface area contributed by atoms with Crippen LogP contribution in [0.3, 0.4) is 0 Å². The summed E-state index contributed by atoms with van der Waals surface area (Å²) >= 11 is 0. The maximum atomic E-state index is 13.4. The molecular weight excluding hydrogens is 398 g/mol. The third kappa shape index (κ3) is 4.64. The van der Waals surface area contributed by atoms with Gasteiger partial charge in [-0.15, -0.1) is 0 Å². The Bertz CT molecular complexity index is 1040. The molecule has 29 heavy (non-hydrogen) atoms. The molecule has 1 aliphatic heterocycles. The second-order valence-electron chi connectivity index (χ2n) is 6.97. The predicted octanol–water partition coefficient (Wildman–Crippen LogP) is 3.74. The van der Waals surface area contributed by atoms with Crippen LogP contribution in [0.2, 0.25) is 0 Å². The van der Waals surface area contributed by atoms with Crippen LogP contribution in [0.25, 0.3) is 6.08 Å². The fourth-order valence-corrected chi connectivity index (χ4v) is 4.72. The highest BCUT2D eigenvalue weighted by atomic mass is 32.2. The van der Waals surface area contributed by atoms with E-state index >= 15 is 0 Å². The van der Waals surface area contributed by atoms with Gasteiger partial charge >= 0.3 is 0 Å². The lowest BCUT2D eigenvalue weighted by Crippen LogP contribution is -2.28. The van der Waals surface area contributed by atoms with Crippen LogP contribution < -0.4 is 4.31 Å². The Balaban J connectivity index is 1.67. The third-order valence-electron chi connectivity index (χ3n) is 5.05. The van der Waals surface area contributed by atoms with E-state index in [1.807, 2.05) is 0 Å². The van der Waals surface area contributed by atoms with Gasteiger partial charge in [-0.05, 0) is 54.8 Å². The number of amides is 1. The lowest BCUT2D eigenvalue weighted by molar-refractivity contribution is -0.126. The molecular formula is C21H22F2N2O3S. The molecule has 0 radical (unpaired) electrons. The number of benzene rings is 2. The summed E-state index contributed by atoms with van der Waals surface area (Å²) in [7, 11) is -1.64. The van der Waals surface area contributed by atoms with Crippen molar-refractivity contribution in [2.45, 2.75) is 19.4 Å². The number of hydrogen-bond acceptors (Lipinski definition) is 3. The Hall–Kier alpha value is -2.74. The van der Waals surface area contributed by atoms with E-state index in [1.54, 1.807) is 44.3 Å². The fourth-order valence-electron chi connectivity index (χ4n) is 3.15. The van der Waals surface area contributed by atoms with Crippen LogP contribution in [-0.4, -0.2) is 38.6 Å². The van der Waals surface area contributed by atoms with Crippen molar-refractivity contribution in [1.29, 1.82) is 0 Å². The first-order valence-electron chi connectivity index (χ1n) is 9.19. The Kier molecular flexibility index (Phi) is 6.02. The highest BCUT2D eigenvalue weighted by Gasteiger charge is 2.28. The van der Waals surface area contributed by atoms with Crippen LogP contribution in [0, 0.1) is 11.6 Å². The molecule has 1 aliphatic rings. The van der Waals surface area contributed by atoms with E-state index in [1.165, 1.54) is 21.3 Å². The average molecular weight is 420 g/mol. The fraction of sp³-hybridized carbons (Fsp3) is 0.286. The van der Waals surface area contributed by atoms with Crippen LogP contribution in [0.4, 0.5) is 14.5 Å². The second-order valence-corrected chi connectivity index (χ2v) is 8.98. The van der Waals surface area contributed by atoms with Crippen molar-refractivity contribution in [2.75, 3.05) is 23.7 Å². The van der Waals surface area contributed by atoms with Crippen LogP contribution in [-0.2, 0) is 14.8 Å². The van der Waals surface area contributed by atoms with Crippen molar-refractivity contribution in [3.8, 4) is 0 Å². The number of sulfonamides is 1. The highest BCUT2D eigenvalue weighted by molar-refractivity contribution is 7.93. The minimum Gasteiger partial charge on any atom is -0.335 e. The minimum atomic E-state index is -3.23. The molecule has 0 spiro atoms. The molecule has 154 valence electrons. The van der Waals surface area contributed by atoms with Gasteiger partial charge in [-0.25, -0.2) is 17.2 Å². The molecule has 5 nitrogen and oxygen atoms in total. The van der Waals surface area contributed by atoms with Crippen LogP contribution in [0.15, 0.2) is 48.5 Å². The topological polar surface area (TPSA) is 57.7 Å². The van der Waals surface area contributed by atoms with Gasteiger partial charge in [0.25, 0.3) is 0 Å². The molecule has 2 aromatic rings. The number of anilines is 1. The monoisotopic (exact) mass is 420 g/mol. The van der Waals surface area contributed by atoms with E-state index in [2.05, 4.69) is 0 Å². The first kappa shape index (κ1) is 21.0. The molecule has 0 bridgehead atoms. The summed E-state index contributed by atoms with van der Waals surface area (Å²) in [6, 6.07) is 10.0. The van der Waals surface area contributed by atoms with E-state index in [4.69, 9.17) is 0 Å². The van der Waals surface area contributed by atoms with E-state index in [0.29, 0.717) is 24.2 Å². The molecule has 0 saturated carbocycles. The summed E-state index contributed by atoms with van der Waals surface area (Å²) in [4.78, 5) is 13.9. The first-order valence-corrected chi connectivity index (χ1v) is 10.8. The van der Waals surface area contributed by atoms with Gasteiger partial charge in [0.15, 0.2) is 11.6 Å². The number of carbonyl (C=O) groups excluding carboxylic acids is 1. The van der Waals surface area contributed by atoms with Crippen LogP contribution in [0.5, 0.6) is 0 Å². The molecule has 1 amide bonds. The lowest BCUT2D eigenvalue weighted by Gasteiger charge is -2.24. The molecule has 3 rings (SSSR count). The summed E-state index contributed by atoms with van der Waals surface area (Å²) in [5, 5.41) is 0. The van der Waals surface area contributed by atoms with Crippen LogP contribution in [0.1, 0.15) is 30.5 Å². The molecule has 1 saturated heterocycles. The molecule has 0 aromatic heterocycles. The Morgan fingerprint density at radius 3 is 2.41 bits per heavy atom. The molecule has 8 heteroatoms. The summed E-state index contributed by atoms with van der Waals surface area (Å²) in [5.74, 6) is -2.02. The molecule has 1 unspecified atom stereocenters. The number of halogens is 2. The number of likely N-dealkylation sites (N-methyl/N-ethyl adjacent to an activating group) is 1. The SMILES string of the molecule is CC(c1ccc(F)c(F)c1)N(C)C(=O)/C=C/c1ccc(N2CCCS2(=O)=O)cc1. The smallest absolute Gasteiger partial charge is 0.246 e. The zero-order chi connectivity index (χ0) is 21.2. The quantitative estimate of drug-likeness (QED) is 0.693. The van der Waals surface area contributed by atoms with Crippen molar-refractivity contribution in [1.82, 2.24) is 4.90 Å². The zero-order valence-corrected chi connectivity index (χ0v) is 17.0. The van der Waals surface area contributed by atoms with Gasteiger partial charge in [-0.2, -0.15) is 0 Å². The largest absolute Gasteiger partial charge is 0.335 e. The Labute approximate surface area is 169 Å². The van der Waals surface area contributed by atoms with Gasteiger partial charge in [-0.1, -0.05) is 18.2 Å². The van der Waals surface area contributed by atoms with Gasteiger partial charge in [-0.3, -0.25) is 9.10 Å². The lowest BCUT2D eigenvalue weighted by atomic mass is 10.1. The maximum absolute atomic E-state index is 13.4. The first-order chi connectivity index (χ1) is 13.7. The predicted molar refractivity (Wildman–Crippen MR) is 109 cm³/mol. The summed E-state index contributed by atoms with van der Waals surface area (Å²) in [5.41, 5.74) is 1.84. The highest BCUT2D eigenvalue weighted by Crippen LogP contribution is 2.25. The van der Waals surface area contributed by atoms with Crippen LogP contribution >= 0.6 is 0 Å². The normalized spacial score (nSPS) is 16.9. The summed E-state index contributed by atoms with van der Waals surface area (Å²) < 4.78 is 51.9. The molecule has 0 N–H and O–H groups in total. The minimum absolute atomic E-state index is 0.158. The summed E-state index contributed by atoms with van der Waals surface area (Å²) in [6.45, 7) is 2.20. The number of nitrogens with zero attached hydrogens (tertiary/aromatic N) is 2. The van der Waals surface area contributed by atoms with Gasteiger partial charge < -0.3 is 4.90 Å². The van der Waals surface area contributed by atoms with Gasteiger partial charge in [0, 0.05) is 19.7 Å². The summed E-state index contributed by atoms with van der Waals surface area (Å²) in [6.07, 6.45) is 3.62. The van der Waals surface area contributed by atoms with Gasteiger partial charge in [0.05, 0.1) is 17.5 Å². The second kappa shape index (κ2) is 8.32. The maximum Gasteiger partial charge on any atom is 0.246 e. The number of carbonyl (C=O) groups is 1. The average Bonchev–Trinajstić information content (AvgIpc) is 3.06. The molecule has 2 aromatic carbocycles. The van der Waals surface area contributed by atoms with Gasteiger partial charge in [0.1, 0.15) is 0 Å². The molecule has 1 heterocycles. The van der Waals surface area contributed by atoms with E-state index in [-0.39, 0.29) is 11.7 Å². The standard InChI is InChI=1S/C21H22F2N2O3S/c1-15(17-7-10-19(22)20(23)14-17)24(2)21(26)11-6-16-4-8-18(9-5-16)25-12-3-13-29(25,27)28/h4-11,14-15H,3,12-13H2,1-2H3/b11-6+. The van der Waals surface area contributed by atoms with Crippen molar-refractivity contribution in [3.05, 3.63) is 71.3 Å². The number of hydrogen-bond donors (Lipinski definition) is 0. The van der Waals surface area contributed by atoms with E-state index < -0.39 is 27.7 Å². The molecule has 0 aliphatic carbocycles. The number of rotatable bonds is 5. The van der Waals surface area contributed by atoms with Crippen molar-refractivity contribution >= 4 is 27.7 Å². The van der Waals surface area contributed by atoms with Gasteiger partial charge in [0.2, 0.25) is 15.9 Å². The van der Waals surface area contributed by atoms with E-state index in [0.717, 1.165) is 17.7 Å². The zero-order valence-electron chi connectivity index (χ0n) is 16.2. The third-order valence-corrected chi connectivity index (χ3v) is 6.92. The van der Waals surface area contributed by atoms with Crippen molar-refractivity contribution in [2.24, 2.45) is 0 Å².